The molecule has 9 nitrogen and oxygen atoms in total. The highest BCUT2D eigenvalue weighted by molar-refractivity contribution is 5.23. The van der Waals surface area contributed by atoms with Gasteiger partial charge in [0.2, 0.25) is 5.95 Å². The van der Waals surface area contributed by atoms with Crippen LogP contribution < -0.4 is 10.5 Å². The fraction of sp³-hybridized carbons (Fsp3) is 0.545. The molecule has 0 saturated heterocycles. The molecule has 2 rings (SSSR count). The van der Waals surface area contributed by atoms with E-state index in [-0.39, 0.29) is 17.9 Å². The Kier molecular flexibility index (Phi) is 5.18. The van der Waals surface area contributed by atoms with Gasteiger partial charge in [0.15, 0.2) is 0 Å². The topological polar surface area (TPSA) is 114 Å². The minimum Gasteiger partial charge on any atom is -0.461 e. The first-order chi connectivity index (χ1) is 9.79. The maximum Gasteiger partial charge on any atom is 0.323 e. The third-order valence-corrected chi connectivity index (χ3v) is 2.35. The van der Waals surface area contributed by atoms with Crippen molar-refractivity contribution in [3.8, 4) is 12.0 Å². The van der Waals surface area contributed by atoms with E-state index in [1.807, 2.05) is 0 Å². The number of nitrogen functional groups attached to an aromatic ring is 1. The third-order valence-electron chi connectivity index (χ3n) is 2.35. The molecule has 0 bridgehead atoms. The second-order valence-electron chi connectivity index (χ2n) is 3.93. The van der Waals surface area contributed by atoms with Gasteiger partial charge in [-0.05, 0) is 6.42 Å². The van der Waals surface area contributed by atoms with Crippen LogP contribution in [0.5, 0.6) is 6.01 Å². The van der Waals surface area contributed by atoms with Crippen LogP contribution in [0.1, 0.15) is 19.8 Å². The number of nitrogens with zero attached hydrogens (tertiary/aromatic N) is 6. The normalized spacial score (nSPS) is 10.7. The van der Waals surface area contributed by atoms with E-state index in [0.29, 0.717) is 13.2 Å². The van der Waals surface area contributed by atoms with Crippen molar-refractivity contribution in [2.24, 2.45) is 0 Å². The van der Waals surface area contributed by atoms with Crippen LogP contribution in [0.25, 0.3) is 5.95 Å². The van der Waals surface area contributed by atoms with Crippen LogP contribution in [0.3, 0.4) is 0 Å². The highest BCUT2D eigenvalue weighted by atomic mass is 16.5. The molecule has 2 heterocycles. The zero-order valence-corrected chi connectivity index (χ0v) is 11.3. The van der Waals surface area contributed by atoms with Crippen LogP contribution in [-0.4, -0.2) is 49.5 Å². The lowest BCUT2D eigenvalue weighted by Crippen LogP contribution is -2.12. The Bertz CT molecular complexity index is 517. The predicted molar refractivity (Wildman–Crippen MR) is 70.4 cm³/mol. The summed E-state index contributed by atoms with van der Waals surface area (Å²) in [6.45, 7) is 3.66. The number of rotatable bonds is 8. The average Bonchev–Trinajstić information content (AvgIpc) is 2.96. The Labute approximate surface area is 116 Å². The van der Waals surface area contributed by atoms with E-state index in [2.05, 4.69) is 32.0 Å². The summed E-state index contributed by atoms with van der Waals surface area (Å²) in [6, 6.07) is 0.141. The van der Waals surface area contributed by atoms with E-state index < -0.39 is 0 Å². The van der Waals surface area contributed by atoms with Crippen LogP contribution >= 0.6 is 0 Å². The molecule has 20 heavy (non-hydrogen) atoms. The number of hydrogen-bond acceptors (Lipinski definition) is 8. The maximum atomic E-state index is 5.60. The summed E-state index contributed by atoms with van der Waals surface area (Å²) in [5, 5.41) is 3.92. The second kappa shape index (κ2) is 7.34. The first-order valence-electron chi connectivity index (χ1n) is 6.36. The molecule has 9 heteroatoms. The zero-order chi connectivity index (χ0) is 14.2. The summed E-state index contributed by atoms with van der Waals surface area (Å²) < 4.78 is 12.1. The summed E-state index contributed by atoms with van der Waals surface area (Å²) in [7, 11) is 0. The molecule has 0 aliphatic carbocycles. The quantitative estimate of drug-likeness (QED) is 0.683. The fourth-order valence-electron chi connectivity index (χ4n) is 1.38. The number of aromatic nitrogens is 6. The Balaban J connectivity index is 1.88. The Morgan fingerprint density at radius 3 is 2.85 bits per heavy atom. The molecule has 2 aromatic heterocycles. The molecule has 0 amide bonds. The van der Waals surface area contributed by atoms with Gasteiger partial charge in [0, 0.05) is 6.61 Å². The Morgan fingerprint density at radius 1 is 1.20 bits per heavy atom. The van der Waals surface area contributed by atoms with Gasteiger partial charge in [-0.3, -0.25) is 0 Å². The highest BCUT2D eigenvalue weighted by Crippen LogP contribution is 2.07. The van der Waals surface area contributed by atoms with Crippen LogP contribution in [-0.2, 0) is 4.74 Å². The van der Waals surface area contributed by atoms with Crippen molar-refractivity contribution < 1.29 is 9.47 Å². The van der Waals surface area contributed by atoms with Gasteiger partial charge in [0.05, 0.1) is 6.61 Å². The predicted octanol–water partition coefficient (Wildman–Crippen LogP) is 0.230. The smallest absolute Gasteiger partial charge is 0.323 e. The van der Waals surface area contributed by atoms with Gasteiger partial charge in [-0.1, -0.05) is 13.3 Å². The molecule has 2 aromatic rings. The Morgan fingerprint density at radius 2 is 2.10 bits per heavy atom. The molecule has 0 aromatic carbocycles. The zero-order valence-electron chi connectivity index (χ0n) is 11.3. The van der Waals surface area contributed by atoms with E-state index in [1.165, 1.54) is 17.3 Å². The SMILES string of the molecule is CCCCOCCOc1nc(N)nc(-n2cncn2)n1. The Hall–Kier alpha value is -2.29. The highest BCUT2D eigenvalue weighted by Gasteiger charge is 2.07. The van der Waals surface area contributed by atoms with Crippen molar-refractivity contribution >= 4 is 5.95 Å². The first-order valence-corrected chi connectivity index (χ1v) is 6.36. The maximum absolute atomic E-state index is 5.60. The minimum atomic E-state index is 0.0624. The van der Waals surface area contributed by atoms with E-state index in [4.69, 9.17) is 15.2 Å². The van der Waals surface area contributed by atoms with Crippen LogP contribution in [0.2, 0.25) is 0 Å². The van der Waals surface area contributed by atoms with Gasteiger partial charge in [0.1, 0.15) is 19.3 Å². The standard InChI is InChI=1S/C11H17N7O2/c1-2-3-4-19-5-6-20-11-16-9(12)15-10(17-11)18-8-13-7-14-18/h7-8H,2-6H2,1H3,(H2,12,15,16,17). The number of nitrogens with two attached hydrogens (primary N) is 1. The van der Waals surface area contributed by atoms with Gasteiger partial charge in [-0.25, -0.2) is 4.98 Å². The second-order valence-corrected chi connectivity index (χ2v) is 3.93. The molecule has 0 aliphatic rings. The van der Waals surface area contributed by atoms with E-state index in [9.17, 15) is 0 Å². The molecule has 0 radical (unpaired) electrons. The molecular weight excluding hydrogens is 262 g/mol. The fourth-order valence-corrected chi connectivity index (χ4v) is 1.38. The summed E-state index contributed by atoms with van der Waals surface area (Å²) in [5.41, 5.74) is 5.60. The van der Waals surface area contributed by atoms with Crippen molar-refractivity contribution in [1.29, 1.82) is 0 Å². The number of hydrogen-bond donors (Lipinski definition) is 1. The van der Waals surface area contributed by atoms with E-state index in [0.717, 1.165) is 19.4 Å². The molecular formula is C11H17N7O2. The summed E-state index contributed by atoms with van der Waals surface area (Å²) in [4.78, 5) is 15.7. The minimum absolute atomic E-state index is 0.0624. The van der Waals surface area contributed by atoms with Gasteiger partial charge in [0.25, 0.3) is 5.95 Å². The van der Waals surface area contributed by atoms with E-state index >= 15 is 0 Å². The molecule has 0 fully saturated rings. The number of ether oxygens (including phenoxy) is 2. The molecule has 0 saturated carbocycles. The number of unbranched alkanes of at least 4 members (excludes halogenated alkanes) is 1. The number of anilines is 1. The van der Waals surface area contributed by atoms with Crippen LogP contribution in [0.15, 0.2) is 12.7 Å². The van der Waals surface area contributed by atoms with Crippen LogP contribution in [0.4, 0.5) is 5.95 Å². The summed E-state index contributed by atoms with van der Waals surface area (Å²) >= 11 is 0. The summed E-state index contributed by atoms with van der Waals surface area (Å²) in [5.74, 6) is 0.323. The lowest BCUT2D eigenvalue weighted by atomic mass is 10.4. The average molecular weight is 279 g/mol. The monoisotopic (exact) mass is 279 g/mol. The molecule has 0 aliphatic heterocycles. The van der Waals surface area contributed by atoms with Gasteiger partial charge >= 0.3 is 6.01 Å². The molecule has 0 atom stereocenters. The molecule has 2 N–H and O–H groups in total. The largest absolute Gasteiger partial charge is 0.461 e. The molecule has 0 spiro atoms. The molecule has 0 unspecified atom stereocenters. The van der Waals surface area contributed by atoms with Crippen molar-refractivity contribution in [3.63, 3.8) is 0 Å². The van der Waals surface area contributed by atoms with Gasteiger partial charge in [-0.15, -0.1) is 0 Å². The van der Waals surface area contributed by atoms with Crippen molar-refractivity contribution in [2.75, 3.05) is 25.6 Å². The van der Waals surface area contributed by atoms with Gasteiger partial charge < -0.3 is 15.2 Å². The van der Waals surface area contributed by atoms with Gasteiger partial charge in [-0.2, -0.15) is 24.7 Å². The third kappa shape index (κ3) is 4.12. The van der Waals surface area contributed by atoms with Crippen molar-refractivity contribution in [2.45, 2.75) is 19.8 Å². The van der Waals surface area contributed by atoms with Crippen molar-refractivity contribution in [3.05, 3.63) is 12.7 Å². The molecule has 108 valence electrons. The van der Waals surface area contributed by atoms with Crippen LogP contribution in [0, 0.1) is 0 Å². The lowest BCUT2D eigenvalue weighted by Gasteiger charge is -2.06. The first kappa shape index (κ1) is 14.1. The summed E-state index contributed by atoms with van der Waals surface area (Å²) in [6.07, 6.45) is 4.98. The van der Waals surface area contributed by atoms with Crippen molar-refractivity contribution in [1.82, 2.24) is 29.7 Å². The van der Waals surface area contributed by atoms with E-state index in [1.54, 1.807) is 0 Å². The lowest BCUT2D eigenvalue weighted by molar-refractivity contribution is 0.0947.